The Balaban J connectivity index is 1.56. The summed E-state index contributed by atoms with van der Waals surface area (Å²) in [4.78, 5) is 11.1. The van der Waals surface area contributed by atoms with Gasteiger partial charge in [-0.2, -0.15) is 0 Å². The summed E-state index contributed by atoms with van der Waals surface area (Å²) in [6, 6.07) is 10.6. The number of rotatable bonds is 6. The molecule has 0 aliphatic carbocycles. The van der Waals surface area contributed by atoms with Crippen molar-refractivity contribution in [2.75, 3.05) is 29.9 Å². The van der Waals surface area contributed by atoms with E-state index in [1.165, 1.54) is 12.1 Å². The standard InChI is InChI=1S/C18H24N4O/c1-14(2)23-18-17(19-9-10-20-18)21-12-15-8-11-22(13-15)16-6-4-3-5-7-16/h3-7,9-10,14-15H,8,11-13H2,1-2H3,(H,19,21). The smallest absolute Gasteiger partial charge is 0.257 e. The lowest BCUT2D eigenvalue weighted by molar-refractivity contribution is 0.233. The van der Waals surface area contributed by atoms with Gasteiger partial charge in [0.1, 0.15) is 0 Å². The van der Waals surface area contributed by atoms with Gasteiger partial charge in [0.25, 0.3) is 5.88 Å². The molecule has 1 aromatic heterocycles. The van der Waals surface area contributed by atoms with E-state index in [4.69, 9.17) is 4.74 Å². The first-order valence-corrected chi connectivity index (χ1v) is 8.24. The molecule has 0 radical (unpaired) electrons. The minimum Gasteiger partial charge on any atom is -0.472 e. The number of ether oxygens (including phenoxy) is 1. The fourth-order valence-corrected chi connectivity index (χ4v) is 2.87. The predicted octanol–water partition coefficient (Wildman–Crippen LogP) is 3.20. The monoisotopic (exact) mass is 312 g/mol. The van der Waals surface area contributed by atoms with Crippen LogP contribution in [0.4, 0.5) is 11.5 Å². The summed E-state index contributed by atoms with van der Waals surface area (Å²) in [7, 11) is 0. The summed E-state index contributed by atoms with van der Waals surface area (Å²) in [5.41, 5.74) is 1.30. The van der Waals surface area contributed by atoms with Gasteiger partial charge in [0.2, 0.25) is 0 Å². The molecule has 0 bridgehead atoms. The van der Waals surface area contributed by atoms with Gasteiger partial charge in [0, 0.05) is 37.7 Å². The number of aromatic nitrogens is 2. The number of hydrogen-bond donors (Lipinski definition) is 1. The van der Waals surface area contributed by atoms with Crippen LogP contribution in [0.3, 0.4) is 0 Å². The fourth-order valence-electron chi connectivity index (χ4n) is 2.87. The quantitative estimate of drug-likeness (QED) is 0.887. The molecule has 122 valence electrons. The molecule has 5 heteroatoms. The van der Waals surface area contributed by atoms with Gasteiger partial charge in [-0.1, -0.05) is 18.2 Å². The zero-order chi connectivity index (χ0) is 16.1. The van der Waals surface area contributed by atoms with Gasteiger partial charge < -0.3 is 15.0 Å². The average Bonchev–Trinajstić information content (AvgIpc) is 3.03. The topological polar surface area (TPSA) is 50.3 Å². The van der Waals surface area contributed by atoms with E-state index in [2.05, 4.69) is 50.5 Å². The second-order valence-electron chi connectivity index (χ2n) is 6.19. The third-order valence-electron chi connectivity index (χ3n) is 3.98. The maximum atomic E-state index is 5.70. The molecule has 2 heterocycles. The van der Waals surface area contributed by atoms with Crippen LogP contribution in [0, 0.1) is 5.92 Å². The highest BCUT2D eigenvalue weighted by Crippen LogP contribution is 2.25. The zero-order valence-corrected chi connectivity index (χ0v) is 13.8. The number of hydrogen-bond acceptors (Lipinski definition) is 5. The van der Waals surface area contributed by atoms with Gasteiger partial charge in [-0.05, 0) is 38.3 Å². The van der Waals surface area contributed by atoms with E-state index in [-0.39, 0.29) is 6.10 Å². The third-order valence-corrected chi connectivity index (χ3v) is 3.98. The van der Waals surface area contributed by atoms with Crippen molar-refractivity contribution in [1.29, 1.82) is 0 Å². The van der Waals surface area contributed by atoms with Gasteiger partial charge in [-0.25, -0.2) is 9.97 Å². The van der Waals surface area contributed by atoms with Crippen LogP contribution in [0.15, 0.2) is 42.7 Å². The molecule has 1 saturated heterocycles. The third kappa shape index (κ3) is 4.12. The van der Waals surface area contributed by atoms with Crippen LogP contribution < -0.4 is 15.0 Å². The Morgan fingerprint density at radius 2 is 2.00 bits per heavy atom. The van der Waals surface area contributed by atoms with E-state index in [0.717, 1.165) is 25.5 Å². The van der Waals surface area contributed by atoms with Crippen molar-refractivity contribution in [2.24, 2.45) is 5.92 Å². The van der Waals surface area contributed by atoms with Crippen LogP contribution in [0.5, 0.6) is 5.88 Å². The number of para-hydroxylation sites is 1. The molecule has 5 nitrogen and oxygen atoms in total. The second kappa shape index (κ2) is 7.31. The maximum absolute atomic E-state index is 5.70. The Hall–Kier alpha value is -2.30. The molecule has 2 aromatic rings. The number of benzene rings is 1. The van der Waals surface area contributed by atoms with Crippen LogP contribution in [-0.2, 0) is 0 Å². The molecule has 1 aliphatic rings. The molecule has 1 N–H and O–H groups in total. The minimum absolute atomic E-state index is 0.0901. The van der Waals surface area contributed by atoms with Gasteiger partial charge in [0.05, 0.1) is 6.10 Å². The Morgan fingerprint density at radius 1 is 1.22 bits per heavy atom. The lowest BCUT2D eigenvalue weighted by Gasteiger charge is -2.19. The number of nitrogens with one attached hydrogen (secondary N) is 1. The molecule has 1 atom stereocenters. The summed E-state index contributed by atoms with van der Waals surface area (Å²) in [5, 5.41) is 3.41. The van der Waals surface area contributed by atoms with Crippen molar-refractivity contribution in [2.45, 2.75) is 26.4 Å². The number of nitrogens with zero attached hydrogens (tertiary/aromatic N) is 3. The summed E-state index contributed by atoms with van der Waals surface area (Å²) < 4.78 is 5.70. The first kappa shape index (κ1) is 15.6. The molecular weight excluding hydrogens is 288 g/mol. The molecular formula is C18H24N4O. The lowest BCUT2D eigenvalue weighted by Crippen LogP contribution is -2.23. The van der Waals surface area contributed by atoms with E-state index >= 15 is 0 Å². The average molecular weight is 312 g/mol. The lowest BCUT2D eigenvalue weighted by atomic mass is 10.1. The van der Waals surface area contributed by atoms with Crippen LogP contribution in [0.25, 0.3) is 0 Å². The molecule has 1 aromatic carbocycles. The van der Waals surface area contributed by atoms with Crippen LogP contribution >= 0.6 is 0 Å². The zero-order valence-electron chi connectivity index (χ0n) is 13.8. The first-order chi connectivity index (χ1) is 11.2. The SMILES string of the molecule is CC(C)Oc1nccnc1NCC1CCN(c2ccccc2)C1. The minimum atomic E-state index is 0.0901. The molecule has 23 heavy (non-hydrogen) atoms. The van der Waals surface area contributed by atoms with Crippen molar-refractivity contribution < 1.29 is 4.74 Å². The largest absolute Gasteiger partial charge is 0.472 e. The van der Waals surface area contributed by atoms with E-state index in [1.54, 1.807) is 12.4 Å². The van der Waals surface area contributed by atoms with Gasteiger partial charge in [-0.15, -0.1) is 0 Å². The van der Waals surface area contributed by atoms with Gasteiger partial charge in [-0.3, -0.25) is 0 Å². The fraction of sp³-hybridized carbons (Fsp3) is 0.444. The predicted molar refractivity (Wildman–Crippen MR) is 93.0 cm³/mol. The summed E-state index contributed by atoms with van der Waals surface area (Å²) >= 11 is 0. The van der Waals surface area contributed by atoms with Gasteiger partial charge in [0.15, 0.2) is 5.82 Å². The highest BCUT2D eigenvalue weighted by Gasteiger charge is 2.23. The molecule has 0 amide bonds. The first-order valence-electron chi connectivity index (χ1n) is 8.24. The summed E-state index contributed by atoms with van der Waals surface area (Å²) in [6.45, 7) is 7.04. The van der Waals surface area contributed by atoms with Gasteiger partial charge >= 0.3 is 0 Å². The van der Waals surface area contributed by atoms with E-state index in [9.17, 15) is 0 Å². The van der Waals surface area contributed by atoms with Crippen LogP contribution in [-0.4, -0.2) is 35.7 Å². The molecule has 0 spiro atoms. The van der Waals surface area contributed by atoms with Crippen molar-refractivity contribution in [3.05, 3.63) is 42.7 Å². The van der Waals surface area contributed by atoms with Crippen LogP contribution in [0.1, 0.15) is 20.3 Å². The van der Waals surface area contributed by atoms with Crippen LogP contribution in [0.2, 0.25) is 0 Å². The molecule has 3 rings (SSSR count). The highest BCUT2D eigenvalue weighted by molar-refractivity contribution is 5.48. The normalized spacial score (nSPS) is 17.5. The Bertz CT molecular complexity index is 617. The summed E-state index contributed by atoms with van der Waals surface area (Å²) in [5.74, 6) is 1.92. The molecule has 0 saturated carbocycles. The van der Waals surface area contributed by atoms with Crippen molar-refractivity contribution in [3.63, 3.8) is 0 Å². The van der Waals surface area contributed by atoms with Crippen molar-refractivity contribution in [3.8, 4) is 5.88 Å². The van der Waals surface area contributed by atoms with E-state index in [0.29, 0.717) is 11.8 Å². The molecule has 1 aliphatic heterocycles. The highest BCUT2D eigenvalue weighted by atomic mass is 16.5. The molecule has 1 unspecified atom stereocenters. The summed E-state index contributed by atoms with van der Waals surface area (Å²) in [6.07, 6.45) is 4.63. The Kier molecular flexibility index (Phi) is 4.95. The molecule has 1 fully saturated rings. The van der Waals surface area contributed by atoms with Crippen molar-refractivity contribution in [1.82, 2.24) is 9.97 Å². The Labute approximate surface area is 137 Å². The Morgan fingerprint density at radius 3 is 2.78 bits per heavy atom. The van der Waals surface area contributed by atoms with Crippen molar-refractivity contribution >= 4 is 11.5 Å². The maximum Gasteiger partial charge on any atom is 0.257 e. The van der Waals surface area contributed by atoms with E-state index in [1.807, 2.05) is 13.8 Å². The van der Waals surface area contributed by atoms with E-state index < -0.39 is 0 Å². The number of anilines is 2. The second-order valence-corrected chi connectivity index (χ2v) is 6.19.